The van der Waals surface area contributed by atoms with Gasteiger partial charge in [0, 0.05) is 12.5 Å². The molecule has 3 aromatic carbocycles. The topological polar surface area (TPSA) is 64.3 Å². The molecule has 5 nitrogen and oxygen atoms in total. The van der Waals surface area contributed by atoms with Crippen LogP contribution >= 0.6 is 0 Å². The maximum atomic E-state index is 13.5. The summed E-state index contributed by atoms with van der Waals surface area (Å²) in [5, 5.41) is 10.9. The number of rotatable bonds is 5. The summed E-state index contributed by atoms with van der Waals surface area (Å²) in [5.74, 6) is -0.442. The van der Waals surface area contributed by atoms with Crippen LogP contribution in [-0.4, -0.2) is 20.8 Å². The zero-order valence-corrected chi connectivity index (χ0v) is 18.3. The Bertz CT molecular complexity index is 1420. The summed E-state index contributed by atoms with van der Waals surface area (Å²) in [6, 6.07) is 17.1. The molecule has 168 valence electrons. The molecule has 0 atom stereocenters. The highest BCUT2D eigenvalue weighted by Gasteiger charge is 2.25. The van der Waals surface area contributed by atoms with Gasteiger partial charge in [-0.25, -0.2) is 4.98 Å². The van der Waals surface area contributed by atoms with Crippen LogP contribution in [0, 0.1) is 13.8 Å². The monoisotopic (exact) mass is 448 g/mol. The number of alkyl halides is 2. The van der Waals surface area contributed by atoms with Crippen LogP contribution < -0.4 is 10.3 Å². The second kappa shape index (κ2) is 8.50. The Morgan fingerprint density at radius 3 is 2.33 bits per heavy atom. The number of hydrogen-bond donors (Lipinski definition) is 1. The molecule has 4 aromatic rings. The number of aryl methyl sites for hydroxylation is 2. The molecule has 1 N–H and O–H groups in total. The number of phenolic OH excluding ortho intramolecular Hbond substituents is 1. The first-order chi connectivity index (χ1) is 15.7. The summed E-state index contributed by atoms with van der Waals surface area (Å²) in [6.45, 7) is 4.42. The van der Waals surface area contributed by atoms with Crippen molar-refractivity contribution >= 4 is 23.1 Å². The van der Waals surface area contributed by atoms with Crippen molar-refractivity contribution in [1.29, 1.82) is 0 Å². The van der Waals surface area contributed by atoms with Crippen molar-refractivity contribution < 1.29 is 18.6 Å². The van der Waals surface area contributed by atoms with Gasteiger partial charge in [-0.15, -0.1) is 0 Å². The minimum Gasteiger partial charge on any atom is -0.504 e. The van der Waals surface area contributed by atoms with Gasteiger partial charge in [0.05, 0.1) is 16.6 Å². The molecule has 0 aliphatic rings. The average Bonchev–Trinajstić information content (AvgIpc) is 2.75. The molecular weight excluding hydrogens is 426 g/mol. The quantitative estimate of drug-likeness (QED) is 0.415. The molecule has 0 amide bonds. The number of halogens is 2. The van der Waals surface area contributed by atoms with Crippen molar-refractivity contribution in [3.8, 4) is 17.2 Å². The average molecular weight is 448 g/mol. The second-order valence-electron chi connectivity index (χ2n) is 7.81. The van der Waals surface area contributed by atoms with Crippen LogP contribution in [0.5, 0.6) is 11.5 Å². The van der Waals surface area contributed by atoms with Crippen LogP contribution in [0.25, 0.3) is 28.7 Å². The highest BCUT2D eigenvalue weighted by atomic mass is 19.3. The maximum Gasteiger partial charge on any atom is 0.395 e. The van der Waals surface area contributed by atoms with E-state index in [-0.39, 0.29) is 16.9 Å². The molecule has 0 aliphatic carbocycles. The predicted octanol–water partition coefficient (Wildman–Crippen LogP) is 5.87. The van der Waals surface area contributed by atoms with Crippen LogP contribution in [0.15, 0.2) is 65.5 Å². The van der Waals surface area contributed by atoms with Crippen molar-refractivity contribution in [3.05, 3.63) is 93.5 Å². The lowest BCUT2D eigenvalue weighted by Crippen LogP contribution is -2.23. The Kier molecular flexibility index (Phi) is 5.72. The van der Waals surface area contributed by atoms with E-state index in [0.717, 1.165) is 11.1 Å². The highest BCUT2D eigenvalue weighted by molar-refractivity contribution is 5.81. The van der Waals surface area contributed by atoms with Gasteiger partial charge in [-0.3, -0.25) is 9.36 Å². The molecule has 33 heavy (non-hydrogen) atoms. The van der Waals surface area contributed by atoms with E-state index < -0.39 is 11.9 Å². The Balaban J connectivity index is 1.91. The summed E-state index contributed by atoms with van der Waals surface area (Å²) in [4.78, 5) is 18.1. The van der Waals surface area contributed by atoms with Crippen LogP contribution in [0.4, 0.5) is 8.78 Å². The highest BCUT2D eigenvalue weighted by Crippen LogP contribution is 2.34. The van der Waals surface area contributed by atoms with Gasteiger partial charge in [0.15, 0.2) is 11.5 Å². The zero-order valence-electron chi connectivity index (χ0n) is 18.3. The molecule has 0 saturated heterocycles. The van der Waals surface area contributed by atoms with Gasteiger partial charge < -0.3 is 9.84 Å². The van der Waals surface area contributed by atoms with Crippen molar-refractivity contribution in [1.82, 2.24) is 9.55 Å². The molecule has 0 radical (unpaired) electrons. The van der Waals surface area contributed by atoms with E-state index in [9.17, 15) is 18.7 Å². The first-order valence-corrected chi connectivity index (χ1v) is 10.3. The van der Waals surface area contributed by atoms with Crippen molar-refractivity contribution in [2.75, 3.05) is 0 Å². The summed E-state index contributed by atoms with van der Waals surface area (Å²) < 4.78 is 32.6. The Morgan fingerprint density at radius 1 is 0.970 bits per heavy atom. The summed E-state index contributed by atoms with van der Waals surface area (Å²) in [7, 11) is 0. The fourth-order valence-corrected chi connectivity index (χ4v) is 3.75. The molecule has 0 unspecified atom stereocenters. The van der Waals surface area contributed by atoms with Gasteiger partial charge in [-0.2, -0.15) is 8.78 Å². The Morgan fingerprint density at radius 2 is 1.64 bits per heavy atom. The molecule has 0 fully saturated rings. The van der Waals surface area contributed by atoms with Gasteiger partial charge in [0.25, 0.3) is 5.56 Å². The largest absolute Gasteiger partial charge is 0.504 e. The number of aromatic hydroxyl groups is 1. The van der Waals surface area contributed by atoms with E-state index in [4.69, 9.17) is 0 Å². The third kappa shape index (κ3) is 4.48. The van der Waals surface area contributed by atoms with Crippen molar-refractivity contribution in [3.63, 3.8) is 0 Å². The summed E-state index contributed by atoms with van der Waals surface area (Å²) in [6.07, 6.45) is -0.359. The van der Waals surface area contributed by atoms with E-state index in [1.54, 1.807) is 36.4 Å². The second-order valence-corrected chi connectivity index (χ2v) is 7.81. The minimum atomic E-state index is -3.44. The fourth-order valence-electron chi connectivity index (χ4n) is 3.75. The smallest absolute Gasteiger partial charge is 0.395 e. The first kappa shape index (κ1) is 22.2. The zero-order chi connectivity index (χ0) is 23.8. The minimum absolute atomic E-state index is 0.232. The molecular formula is C26H22F2N2O3. The number of benzene rings is 3. The van der Waals surface area contributed by atoms with Gasteiger partial charge in [0.2, 0.25) is 0 Å². The van der Waals surface area contributed by atoms with Gasteiger partial charge >= 0.3 is 6.11 Å². The Labute approximate surface area is 189 Å². The van der Waals surface area contributed by atoms with E-state index >= 15 is 0 Å². The number of fused-ring (bicyclic) bond motifs is 1. The number of para-hydroxylation sites is 3. The van der Waals surface area contributed by atoms with E-state index in [1.807, 2.05) is 32.0 Å². The molecule has 7 heteroatoms. The third-order valence-electron chi connectivity index (χ3n) is 5.20. The number of phenols is 1. The predicted molar refractivity (Wildman–Crippen MR) is 125 cm³/mol. The van der Waals surface area contributed by atoms with Gasteiger partial charge in [-0.1, -0.05) is 42.5 Å². The lowest BCUT2D eigenvalue weighted by Gasteiger charge is -2.16. The van der Waals surface area contributed by atoms with Crippen LogP contribution in [0.2, 0.25) is 0 Å². The molecule has 0 spiro atoms. The lowest BCUT2D eigenvalue weighted by atomic mass is 10.1. The van der Waals surface area contributed by atoms with Crippen LogP contribution in [-0.2, 0) is 0 Å². The van der Waals surface area contributed by atoms with E-state index in [2.05, 4.69) is 9.72 Å². The van der Waals surface area contributed by atoms with Gasteiger partial charge in [-0.05, 0) is 55.3 Å². The molecule has 4 rings (SSSR count). The lowest BCUT2D eigenvalue weighted by molar-refractivity contribution is -0.159. The number of hydrogen-bond acceptors (Lipinski definition) is 4. The van der Waals surface area contributed by atoms with E-state index in [0.29, 0.717) is 29.3 Å². The van der Waals surface area contributed by atoms with E-state index in [1.165, 1.54) is 22.8 Å². The Hall–Kier alpha value is -4.00. The van der Waals surface area contributed by atoms with Crippen LogP contribution in [0.1, 0.15) is 29.4 Å². The number of nitrogens with zero attached hydrogens (tertiary/aromatic N) is 2. The summed E-state index contributed by atoms with van der Waals surface area (Å²) >= 11 is 0. The first-order valence-electron chi connectivity index (χ1n) is 10.3. The van der Waals surface area contributed by atoms with Gasteiger partial charge in [0.1, 0.15) is 5.82 Å². The molecule has 1 heterocycles. The standard InChI is InChI=1S/C26H22F2N2O3/c1-16-8-6-9-17(2)23(16)30-22(29-20-12-5-4-11-19(20)25(30)32)15-14-18-10-7-13-21(24(18)31)33-26(3,27)28/h4-15,31H,1-3H3/b15-14+. The molecule has 1 aromatic heterocycles. The number of aromatic nitrogens is 2. The molecule has 0 saturated carbocycles. The number of ether oxygens (including phenoxy) is 1. The van der Waals surface area contributed by atoms with Crippen molar-refractivity contribution in [2.45, 2.75) is 26.9 Å². The maximum absolute atomic E-state index is 13.5. The third-order valence-corrected chi connectivity index (χ3v) is 5.20. The normalized spacial score (nSPS) is 11.9. The van der Waals surface area contributed by atoms with Crippen LogP contribution in [0.3, 0.4) is 0 Å². The summed E-state index contributed by atoms with van der Waals surface area (Å²) in [5.41, 5.74) is 3.04. The fraction of sp³-hybridized carbons (Fsp3) is 0.154. The SMILES string of the molecule is Cc1cccc(C)c1-n1c(/C=C/c2cccc(OC(C)(F)F)c2O)nc2ccccc2c1=O. The molecule has 0 aliphatic heterocycles. The van der Waals surface area contributed by atoms with Crippen molar-refractivity contribution in [2.24, 2.45) is 0 Å². The molecule has 0 bridgehead atoms.